The fourth-order valence-electron chi connectivity index (χ4n) is 1.60. The van der Waals surface area contributed by atoms with Crippen molar-refractivity contribution in [2.45, 2.75) is 20.8 Å². The molecule has 7 heteroatoms. The number of hydrogen-bond acceptors (Lipinski definition) is 5. The minimum Gasteiger partial charge on any atom is -0.490 e. The van der Waals surface area contributed by atoms with Gasteiger partial charge in [0.15, 0.2) is 17.3 Å². The Hall–Kier alpha value is -2.44. The summed E-state index contributed by atoms with van der Waals surface area (Å²) in [5, 5.41) is 14.1. The molecule has 21 heavy (non-hydrogen) atoms. The van der Waals surface area contributed by atoms with E-state index in [1.165, 1.54) is 0 Å². The van der Waals surface area contributed by atoms with E-state index < -0.39 is 5.92 Å². The first kappa shape index (κ1) is 16.6. The largest absolute Gasteiger partial charge is 0.490 e. The van der Waals surface area contributed by atoms with Gasteiger partial charge in [0.05, 0.1) is 19.1 Å². The molecule has 1 unspecified atom stereocenters. The first-order valence-electron chi connectivity index (χ1n) is 6.71. The Balaban J connectivity index is 2.89. The molecule has 0 radical (unpaired) electrons. The summed E-state index contributed by atoms with van der Waals surface area (Å²) >= 11 is 0. The molecule has 0 saturated heterocycles. The first-order valence-corrected chi connectivity index (χ1v) is 6.71. The van der Waals surface area contributed by atoms with Gasteiger partial charge in [-0.25, -0.2) is 0 Å². The van der Waals surface area contributed by atoms with Crippen LogP contribution in [-0.4, -0.2) is 30.2 Å². The number of anilines is 1. The van der Waals surface area contributed by atoms with E-state index >= 15 is 0 Å². The number of amidine groups is 1. The van der Waals surface area contributed by atoms with Gasteiger partial charge in [-0.2, -0.15) is 0 Å². The zero-order valence-electron chi connectivity index (χ0n) is 12.4. The predicted molar refractivity (Wildman–Crippen MR) is 80.0 cm³/mol. The van der Waals surface area contributed by atoms with Crippen LogP contribution in [0.15, 0.2) is 23.4 Å². The maximum absolute atomic E-state index is 11.9. The van der Waals surface area contributed by atoms with Gasteiger partial charge in [0.25, 0.3) is 0 Å². The number of rotatable bonds is 7. The molecular weight excluding hydrogens is 274 g/mol. The predicted octanol–water partition coefficient (Wildman–Crippen LogP) is 1.80. The monoisotopic (exact) mass is 295 g/mol. The lowest BCUT2D eigenvalue weighted by atomic mass is 10.1. The number of nitrogens with one attached hydrogen (secondary N) is 1. The van der Waals surface area contributed by atoms with Gasteiger partial charge in [-0.15, -0.1) is 0 Å². The number of hydrogen-bond donors (Lipinski definition) is 3. The Labute approximate surface area is 123 Å². The van der Waals surface area contributed by atoms with Gasteiger partial charge in [-0.3, -0.25) is 4.79 Å². The molecule has 0 aliphatic rings. The van der Waals surface area contributed by atoms with Gasteiger partial charge in [0, 0.05) is 11.8 Å². The summed E-state index contributed by atoms with van der Waals surface area (Å²) < 4.78 is 10.9. The van der Waals surface area contributed by atoms with Crippen LogP contribution in [0.1, 0.15) is 20.8 Å². The highest BCUT2D eigenvalue weighted by Gasteiger charge is 2.18. The second-order valence-electron chi connectivity index (χ2n) is 4.26. The normalized spacial score (nSPS) is 12.6. The number of oxime groups is 1. The van der Waals surface area contributed by atoms with Gasteiger partial charge in [0.1, 0.15) is 0 Å². The molecule has 116 valence electrons. The quantitative estimate of drug-likeness (QED) is 0.308. The summed E-state index contributed by atoms with van der Waals surface area (Å²) in [5.74, 6) is -0.104. The Morgan fingerprint density at radius 3 is 2.52 bits per heavy atom. The van der Waals surface area contributed by atoms with Crippen molar-refractivity contribution in [2.75, 3.05) is 18.5 Å². The molecule has 4 N–H and O–H groups in total. The fourth-order valence-corrected chi connectivity index (χ4v) is 1.60. The maximum Gasteiger partial charge on any atom is 0.234 e. The Morgan fingerprint density at radius 1 is 1.33 bits per heavy atom. The lowest BCUT2D eigenvalue weighted by Crippen LogP contribution is -2.32. The van der Waals surface area contributed by atoms with Crippen LogP contribution in [0.25, 0.3) is 0 Å². The standard InChI is InChI=1S/C14H21N3O4/c1-4-20-11-7-6-10(8-12(11)21-5-2)16-14(18)9(3)13(15)17-19/h6-9,19H,4-5H2,1-3H3,(H2,15,17)(H,16,18). The summed E-state index contributed by atoms with van der Waals surface area (Å²) in [7, 11) is 0. The van der Waals surface area contributed by atoms with Crippen LogP contribution >= 0.6 is 0 Å². The number of ether oxygens (including phenoxy) is 2. The van der Waals surface area contributed by atoms with Crippen molar-refractivity contribution in [3.05, 3.63) is 18.2 Å². The van der Waals surface area contributed by atoms with E-state index in [0.717, 1.165) is 0 Å². The van der Waals surface area contributed by atoms with Crippen molar-refractivity contribution in [1.29, 1.82) is 0 Å². The highest BCUT2D eigenvalue weighted by atomic mass is 16.5. The van der Waals surface area contributed by atoms with Crippen LogP contribution in [-0.2, 0) is 4.79 Å². The molecule has 0 aliphatic heterocycles. The average molecular weight is 295 g/mol. The first-order chi connectivity index (χ1) is 10.0. The Kier molecular flexibility index (Phi) is 6.32. The summed E-state index contributed by atoms with van der Waals surface area (Å²) in [4.78, 5) is 11.9. The lowest BCUT2D eigenvalue weighted by molar-refractivity contribution is -0.117. The number of amides is 1. The zero-order valence-corrected chi connectivity index (χ0v) is 12.4. The van der Waals surface area contributed by atoms with E-state index in [1.54, 1.807) is 25.1 Å². The second-order valence-corrected chi connectivity index (χ2v) is 4.26. The minimum absolute atomic E-state index is 0.150. The molecule has 0 bridgehead atoms. The number of benzene rings is 1. The van der Waals surface area contributed by atoms with E-state index in [4.69, 9.17) is 20.4 Å². The molecule has 0 aromatic heterocycles. The topological polar surface area (TPSA) is 106 Å². The third kappa shape index (κ3) is 4.55. The van der Waals surface area contributed by atoms with E-state index in [0.29, 0.717) is 30.4 Å². The molecule has 1 aromatic rings. The molecule has 7 nitrogen and oxygen atoms in total. The van der Waals surface area contributed by atoms with E-state index in [-0.39, 0.29) is 11.7 Å². The van der Waals surface area contributed by atoms with Crippen molar-refractivity contribution in [3.63, 3.8) is 0 Å². The van der Waals surface area contributed by atoms with Crippen molar-refractivity contribution >= 4 is 17.4 Å². The summed E-state index contributed by atoms with van der Waals surface area (Å²) in [6.45, 7) is 6.29. The number of carbonyl (C=O) groups is 1. The van der Waals surface area contributed by atoms with Crippen LogP contribution < -0.4 is 20.5 Å². The van der Waals surface area contributed by atoms with Crippen LogP contribution in [0.5, 0.6) is 11.5 Å². The Morgan fingerprint density at radius 2 is 1.95 bits per heavy atom. The van der Waals surface area contributed by atoms with Gasteiger partial charge in [-0.05, 0) is 32.9 Å². The molecule has 0 fully saturated rings. The van der Waals surface area contributed by atoms with Crippen LogP contribution in [0.2, 0.25) is 0 Å². The molecule has 1 atom stereocenters. The second kappa shape index (κ2) is 7.98. The van der Waals surface area contributed by atoms with Crippen LogP contribution in [0.3, 0.4) is 0 Å². The minimum atomic E-state index is -0.739. The number of nitrogens with zero attached hydrogens (tertiary/aromatic N) is 1. The van der Waals surface area contributed by atoms with E-state index in [2.05, 4.69) is 10.5 Å². The van der Waals surface area contributed by atoms with Gasteiger partial charge in [0.2, 0.25) is 5.91 Å². The highest BCUT2D eigenvalue weighted by Crippen LogP contribution is 2.30. The lowest BCUT2D eigenvalue weighted by Gasteiger charge is -2.14. The molecule has 0 spiro atoms. The van der Waals surface area contributed by atoms with Crippen molar-refractivity contribution in [1.82, 2.24) is 0 Å². The third-order valence-electron chi connectivity index (χ3n) is 2.76. The van der Waals surface area contributed by atoms with E-state index in [9.17, 15) is 4.79 Å². The Bertz CT molecular complexity index is 517. The number of carbonyl (C=O) groups excluding carboxylic acids is 1. The molecule has 1 aromatic carbocycles. The maximum atomic E-state index is 11.9. The van der Waals surface area contributed by atoms with Crippen molar-refractivity contribution in [3.8, 4) is 11.5 Å². The average Bonchev–Trinajstić information content (AvgIpc) is 2.48. The molecule has 0 saturated carbocycles. The van der Waals surface area contributed by atoms with Gasteiger partial charge < -0.3 is 25.7 Å². The molecule has 0 heterocycles. The SMILES string of the molecule is CCOc1ccc(NC(=O)C(C)C(N)=NO)cc1OCC. The fraction of sp³-hybridized carbons (Fsp3) is 0.429. The molecule has 1 rings (SSSR count). The zero-order chi connectivity index (χ0) is 15.8. The van der Waals surface area contributed by atoms with Gasteiger partial charge >= 0.3 is 0 Å². The summed E-state index contributed by atoms with van der Waals surface area (Å²) in [5.41, 5.74) is 5.95. The molecular formula is C14H21N3O4. The van der Waals surface area contributed by atoms with Crippen LogP contribution in [0.4, 0.5) is 5.69 Å². The van der Waals surface area contributed by atoms with E-state index in [1.807, 2.05) is 13.8 Å². The smallest absolute Gasteiger partial charge is 0.234 e. The van der Waals surface area contributed by atoms with Gasteiger partial charge in [-0.1, -0.05) is 5.16 Å². The summed E-state index contributed by atoms with van der Waals surface area (Å²) in [6, 6.07) is 5.09. The van der Waals surface area contributed by atoms with Crippen molar-refractivity contribution < 1.29 is 19.5 Å². The molecule has 1 amide bonds. The molecule has 0 aliphatic carbocycles. The summed E-state index contributed by atoms with van der Waals surface area (Å²) in [6.07, 6.45) is 0. The van der Waals surface area contributed by atoms with Crippen molar-refractivity contribution in [2.24, 2.45) is 16.8 Å². The van der Waals surface area contributed by atoms with Crippen LogP contribution in [0, 0.1) is 5.92 Å². The third-order valence-corrected chi connectivity index (χ3v) is 2.76. The highest BCUT2D eigenvalue weighted by molar-refractivity contribution is 6.07. The number of nitrogens with two attached hydrogens (primary N) is 1.